The number of amides is 1. The molecule has 0 unspecified atom stereocenters. The Morgan fingerprint density at radius 1 is 1.13 bits per heavy atom. The summed E-state index contributed by atoms with van der Waals surface area (Å²) in [5.74, 6) is -0.470. The van der Waals surface area contributed by atoms with Crippen molar-refractivity contribution in [2.75, 3.05) is 0 Å². The van der Waals surface area contributed by atoms with Crippen molar-refractivity contribution in [2.45, 2.75) is 50.2 Å². The van der Waals surface area contributed by atoms with E-state index in [9.17, 15) is 23.2 Å². The Hall–Kier alpha value is -2.03. The Bertz CT molecular complexity index is 651. The molecule has 23 heavy (non-hydrogen) atoms. The minimum Gasteiger partial charge on any atom is -0.347 e. The molecule has 0 aromatic heterocycles. The van der Waals surface area contributed by atoms with Crippen LogP contribution in [0.25, 0.3) is 0 Å². The number of benzene rings is 1. The van der Waals surface area contributed by atoms with Gasteiger partial charge in [0, 0.05) is 11.1 Å². The maximum Gasteiger partial charge on any atom is 0.416 e. The maximum atomic E-state index is 12.8. The predicted octanol–water partition coefficient (Wildman–Crippen LogP) is 4.05. The zero-order valence-electron chi connectivity index (χ0n) is 12.5. The number of nitrogens with one attached hydrogen (secondary N) is 1. The summed E-state index contributed by atoms with van der Waals surface area (Å²) in [5, 5.41) is 12.2. The molecule has 0 saturated heterocycles. The first-order chi connectivity index (χ1) is 10.8. The van der Waals surface area contributed by atoms with Gasteiger partial charge in [-0.3, -0.25) is 4.79 Å². The Labute approximate surface area is 132 Å². The van der Waals surface area contributed by atoms with Gasteiger partial charge in [0.05, 0.1) is 17.0 Å². The van der Waals surface area contributed by atoms with Crippen LogP contribution in [0, 0.1) is 16.7 Å². The lowest BCUT2D eigenvalue weighted by atomic mass is 9.58. The van der Waals surface area contributed by atoms with Crippen LogP contribution in [0.1, 0.15) is 54.4 Å². The highest BCUT2D eigenvalue weighted by molar-refractivity contribution is 5.95. The molecule has 0 aliphatic heterocycles. The lowest BCUT2D eigenvalue weighted by Crippen LogP contribution is -2.56. The molecule has 0 spiro atoms. The third-order valence-electron chi connectivity index (χ3n) is 5.31. The molecule has 1 aromatic carbocycles. The van der Waals surface area contributed by atoms with Crippen molar-refractivity contribution in [1.82, 2.24) is 5.32 Å². The molecule has 4 rings (SSSR count). The fourth-order valence-electron chi connectivity index (χ4n) is 3.69. The van der Waals surface area contributed by atoms with E-state index in [1.165, 1.54) is 12.1 Å². The number of alkyl halides is 3. The molecule has 0 radical (unpaired) electrons. The lowest BCUT2D eigenvalue weighted by molar-refractivity contribution is -0.137. The fraction of sp³-hybridized carbons (Fsp3) is 0.529. The summed E-state index contributed by atoms with van der Waals surface area (Å²) in [6.07, 6.45) is -0.0937. The number of carbonyl (C=O) groups excluding carboxylic acids is 1. The summed E-state index contributed by atoms with van der Waals surface area (Å²) in [5.41, 5.74) is -1.43. The van der Waals surface area contributed by atoms with Crippen molar-refractivity contribution in [3.63, 3.8) is 0 Å². The number of hydrogen-bond donors (Lipinski definition) is 1. The van der Waals surface area contributed by atoms with Gasteiger partial charge in [-0.15, -0.1) is 0 Å². The first-order valence-electron chi connectivity index (χ1n) is 7.69. The molecule has 3 nitrogen and oxygen atoms in total. The molecule has 1 N–H and O–H groups in total. The van der Waals surface area contributed by atoms with Gasteiger partial charge in [-0.25, -0.2) is 0 Å². The van der Waals surface area contributed by atoms with Crippen LogP contribution in [0.5, 0.6) is 0 Å². The minimum absolute atomic E-state index is 0.0249. The van der Waals surface area contributed by atoms with Gasteiger partial charge in [0.2, 0.25) is 0 Å². The van der Waals surface area contributed by atoms with Crippen molar-refractivity contribution in [3.8, 4) is 6.07 Å². The molecule has 3 aliphatic carbocycles. The average Bonchev–Trinajstić information content (AvgIpc) is 2.56. The van der Waals surface area contributed by atoms with Crippen LogP contribution in [-0.4, -0.2) is 11.4 Å². The quantitative estimate of drug-likeness (QED) is 0.893. The zero-order chi connectivity index (χ0) is 16.7. The van der Waals surface area contributed by atoms with Gasteiger partial charge in [-0.1, -0.05) is 6.07 Å². The van der Waals surface area contributed by atoms with Gasteiger partial charge < -0.3 is 5.32 Å². The Morgan fingerprint density at radius 2 is 1.74 bits per heavy atom. The molecule has 3 aliphatic rings. The van der Waals surface area contributed by atoms with E-state index < -0.39 is 17.6 Å². The first-order valence-corrected chi connectivity index (χ1v) is 7.69. The third-order valence-corrected chi connectivity index (χ3v) is 5.31. The van der Waals surface area contributed by atoms with Crippen molar-refractivity contribution >= 4 is 5.91 Å². The van der Waals surface area contributed by atoms with Crippen LogP contribution >= 0.6 is 0 Å². The number of nitriles is 1. The van der Waals surface area contributed by atoms with Crippen LogP contribution in [-0.2, 0) is 6.18 Å². The molecular weight excluding hydrogens is 305 g/mol. The van der Waals surface area contributed by atoms with Gasteiger partial charge in [-0.05, 0) is 56.7 Å². The van der Waals surface area contributed by atoms with Crippen molar-refractivity contribution in [2.24, 2.45) is 5.41 Å². The predicted molar refractivity (Wildman–Crippen MR) is 77.4 cm³/mol. The number of nitrogens with zero attached hydrogens (tertiary/aromatic N) is 1. The minimum atomic E-state index is -4.46. The highest BCUT2D eigenvalue weighted by atomic mass is 19.4. The van der Waals surface area contributed by atoms with E-state index in [-0.39, 0.29) is 16.5 Å². The largest absolute Gasteiger partial charge is 0.416 e. The summed E-state index contributed by atoms with van der Waals surface area (Å²) < 4.78 is 38.3. The van der Waals surface area contributed by atoms with Gasteiger partial charge in [0.25, 0.3) is 5.91 Å². The van der Waals surface area contributed by atoms with Gasteiger partial charge in [0.1, 0.15) is 0 Å². The third kappa shape index (κ3) is 2.92. The standard InChI is InChI=1S/C17H17F3N2O/c18-17(19,20)13-3-1-2-12(10-13)14(23)22-16-7-4-15(11-21,5-8-16)6-9-16/h1-3,10H,4-9H2,(H,22,23). The van der Waals surface area contributed by atoms with E-state index in [2.05, 4.69) is 11.4 Å². The van der Waals surface area contributed by atoms with Crippen molar-refractivity contribution < 1.29 is 18.0 Å². The zero-order valence-corrected chi connectivity index (χ0v) is 12.5. The van der Waals surface area contributed by atoms with E-state index in [1.807, 2.05) is 0 Å². The number of hydrogen-bond acceptors (Lipinski definition) is 2. The fourth-order valence-corrected chi connectivity index (χ4v) is 3.69. The summed E-state index contributed by atoms with van der Waals surface area (Å²) in [6.45, 7) is 0. The second kappa shape index (κ2) is 5.26. The summed E-state index contributed by atoms with van der Waals surface area (Å²) in [6, 6.07) is 6.88. The Balaban J connectivity index is 1.75. The monoisotopic (exact) mass is 322 g/mol. The normalized spacial score (nSPS) is 29.8. The molecule has 0 heterocycles. The lowest BCUT2D eigenvalue weighted by Gasteiger charge is -2.50. The molecule has 122 valence electrons. The van der Waals surface area contributed by atoms with Gasteiger partial charge in [-0.2, -0.15) is 18.4 Å². The van der Waals surface area contributed by atoms with Gasteiger partial charge >= 0.3 is 6.18 Å². The van der Waals surface area contributed by atoms with Crippen LogP contribution in [0.15, 0.2) is 24.3 Å². The van der Waals surface area contributed by atoms with Crippen LogP contribution in [0.2, 0.25) is 0 Å². The van der Waals surface area contributed by atoms with Crippen molar-refractivity contribution in [1.29, 1.82) is 5.26 Å². The second-order valence-corrected chi connectivity index (χ2v) is 6.71. The number of rotatable bonds is 2. The second-order valence-electron chi connectivity index (χ2n) is 6.71. The topological polar surface area (TPSA) is 52.9 Å². The van der Waals surface area contributed by atoms with E-state index in [4.69, 9.17) is 0 Å². The summed E-state index contributed by atoms with van der Waals surface area (Å²) in [7, 11) is 0. The highest BCUT2D eigenvalue weighted by Crippen LogP contribution is 2.51. The molecule has 1 aromatic rings. The van der Waals surface area contributed by atoms with Crippen LogP contribution in [0.3, 0.4) is 0 Å². The number of halogens is 3. The highest BCUT2D eigenvalue weighted by Gasteiger charge is 2.49. The molecule has 2 bridgehead atoms. The molecular formula is C17H17F3N2O. The maximum absolute atomic E-state index is 12.8. The Morgan fingerprint density at radius 3 is 2.26 bits per heavy atom. The summed E-state index contributed by atoms with van der Waals surface area (Å²) >= 11 is 0. The van der Waals surface area contributed by atoms with Crippen LogP contribution < -0.4 is 5.32 Å². The van der Waals surface area contributed by atoms with Crippen molar-refractivity contribution in [3.05, 3.63) is 35.4 Å². The van der Waals surface area contributed by atoms with E-state index in [1.54, 1.807) is 0 Å². The average molecular weight is 322 g/mol. The number of carbonyl (C=O) groups is 1. The molecule has 3 fully saturated rings. The summed E-state index contributed by atoms with van der Waals surface area (Å²) in [4.78, 5) is 12.4. The van der Waals surface area contributed by atoms with E-state index in [0.29, 0.717) is 19.3 Å². The molecule has 1 amide bonds. The number of fused-ring (bicyclic) bond motifs is 3. The Kier molecular flexibility index (Phi) is 3.62. The van der Waals surface area contributed by atoms with Crippen LogP contribution in [0.4, 0.5) is 13.2 Å². The molecule has 3 saturated carbocycles. The van der Waals surface area contributed by atoms with E-state index in [0.717, 1.165) is 31.4 Å². The SMILES string of the molecule is N#CC12CCC(NC(=O)c3cccc(C(F)(F)F)c3)(CC1)CC2. The van der Waals surface area contributed by atoms with Gasteiger partial charge in [0.15, 0.2) is 0 Å². The first kappa shape index (κ1) is 15.9. The molecule has 6 heteroatoms. The van der Waals surface area contributed by atoms with E-state index >= 15 is 0 Å². The molecule has 0 atom stereocenters. The smallest absolute Gasteiger partial charge is 0.347 e.